The molecule has 142 valence electrons. The number of rotatable bonds is 4. The molecule has 3 rings (SSSR count). The molecule has 0 bridgehead atoms. The van der Waals surface area contributed by atoms with E-state index in [1.807, 2.05) is 30.0 Å². The van der Waals surface area contributed by atoms with E-state index in [2.05, 4.69) is 19.2 Å². The van der Waals surface area contributed by atoms with Crippen molar-refractivity contribution in [2.24, 2.45) is 5.92 Å². The molecule has 1 saturated heterocycles. The van der Waals surface area contributed by atoms with E-state index in [1.54, 1.807) is 24.3 Å². The topological polar surface area (TPSA) is 49.4 Å². The summed E-state index contributed by atoms with van der Waals surface area (Å²) in [6, 6.07) is 13.0. The highest BCUT2D eigenvalue weighted by molar-refractivity contribution is 6.05. The zero-order chi connectivity index (χ0) is 19.4. The molecule has 1 N–H and O–H groups in total. The summed E-state index contributed by atoms with van der Waals surface area (Å²) in [4.78, 5) is 27.2. The van der Waals surface area contributed by atoms with E-state index in [0.717, 1.165) is 42.7 Å². The lowest BCUT2D eigenvalue weighted by Gasteiger charge is -2.31. The lowest BCUT2D eigenvalue weighted by Crippen LogP contribution is -2.39. The minimum atomic E-state index is -0.149. The fourth-order valence-corrected chi connectivity index (χ4v) is 3.71. The molecule has 0 radical (unpaired) electrons. The maximum atomic E-state index is 12.7. The molecule has 1 aliphatic heterocycles. The highest BCUT2D eigenvalue weighted by atomic mass is 16.2. The number of anilines is 1. The molecule has 0 aromatic heterocycles. The van der Waals surface area contributed by atoms with Gasteiger partial charge in [-0.25, -0.2) is 0 Å². The van der Waals surface area contributed by atoms with Gasteiger partial charge in [-0.1, -0.05) is 32.0 Å². The van der Waals surface area contributed by atoms with Crippen LogP contribution in [-0.2, 0) is 6.42 Å². The van der Waals surface area contributed by atoms with Crippen LogP contribution in [0.25, 0.3) is 0 Å². The van der Waals surface area contributed by atoms with E-state index >= 15 is 0 Å². The second-order valence-electron chi connectivity index (χ2n) is 7.49. The first-order valence-electron chi connectivity index (χ1n) is 9.78. The van der Waals surface area contributed by atoms with Gasteiger partial charge in [-0.2, -0.15) is 0 Å². The van der Waals surface area contributed by atoms with Crippen molar-refractivity contribution in [2.75, 3.05) is 18.4 Å². The van der Waals surface area contributed by atoms with Gasteiger partial charge in [0.25, 0.3) is 11.8 Å². The summed E-state index contributed by atoms with van der Waals surface area (Å²) < 4.78 is 0. The van der Waals surface area contributed by atoms with Gasteiger partial charge < -0.3 is 10.2 Å². The molecule has 27 heavy (non-hydrogen) atoms. The van der Waals surface area contributed by atoms with Crippen molar-refractivity contribution in [2.45, 2.75) is 40.0 Å². The third kappa shape index (κ3) is 4.38. The first kappa shape index (κ1) is 19.2. The molecule has 4 nitrogen and oxygen atoms in total. The number of hydrogen-bond donors (Lipinski definition) is 1. The summed E-state index contributed by atoms with van der Waals surface area (Å²) in [6.45, 7) is 7.89. The van der Waals surface area contributed by atoms with Crippen LogP contribution < -0.4 is 5.32 Å². The minimum absolute atomic E-state index is 0.0562. The van der Waals surface area contributed by atoms with Crippen LogP contribution in [0.4, 0.5) is 5.69 Å². The van der Waals surface area contributed by atoms with Crippen LogP contribution in [0.1, 0.15) is 58.5 Å². The SMILES string of the molecule is CCc1cccc(C)c1NC(=O)c1ccc(C(=O)N2CCCC(C)C2)cc1. The van der Waals surface area contributed by atoms with E-state index < -0.39 is 0 Å². The molecule has 1 atom stereocenters. The molecule has 0 spiro atoms. The molecule has 1 fully saturated rings. The Morgan fingerprint density at radius 2 is 1.81 bits per heavy atom. The third-order valence-corrected chi connectivity index (χ3v) is 5.32. The van der Waals surface area contributed by atoms with Crippen LogP contribution in [0.2, 0.25) is 0 Å². The number of hydrogen-bond acceptors (Lipinski definition) is 2. The number of para-hydroxylation sites is 1. The molecule has 1 aliphatic rings. The Morgan fingerprint density at radius 1 is 1.11 bits per heavy atom. The maximum Gasteiger partial charge on any atom is 0.255 e. The molecular formula is C23H28N2O2. The molecule has 4 heteroatoms. The van der Waals surface area contributed by atoms with Gasteiger partial charge in [0.2, 0.25) is 0 Å². The molecule has 2 aromatic rings. The number of nitrogens with zero attached hydrogens (tertiary/aromatic N) is 1. The molecule has 2 aromatic carbocycles. The van der Waals surface area contributed by atoms with Gasteiger partial charge in [-0.05, 0) is 67.5 Å². The van der Waals surface area contributed by atoms with Crippen molar-refractivity contribution in [1.29, 1.82) is 0 Å². The number of aryl methyl sites for hydroxylation is 2. The van der Waals surface area contributed by atoms with Crippen molar-refractivity contribution >= 4 is 17.5 Å². The molecular weight excluding hydrogens is 336 g/mol. The van der Waals surface area contributed by atoms with Crippen LogP contribution in [0.5, 0.6) is 0 Å². The van der Waals surface area contributed by atoms with Gasteiger partial charge in [0.15, 0.2) is 0 Å². The number of carbonyl (C=O) groups is 2. The monoisotopic (exact) mass is 364 g/mol. The highest BCUT2D eigenvalue weighted by Crippen LogP contribution is 2.22. The normalized spacial score (nSPS) is 16.9. The van der Waals surface area contributed by atoms with E-state index in [4.69, 9.17) is 0 Å². The van der Waals surface area contributed by atoms with E-state index in [0.29, 0.717) is 17.0 Å². The van der Waals surface area contributed by atoms with Crippen LogP contribution in [0.15, 0.2) is 42.5 Å². The second-order valence-corrected chi connectivity index (χ2v) is 7.49. The van der Waals surface area contributed by atoms with Crippen molar-refractivity contribution in [3.05, 3.63) is 64.7 Å². The largest absolute Gasteiger partial charge is 0.338 e. The Kier molecular flexibility index (Phi) is 5.94. The van der Waals surface area contributed by atoms with Gasteiger partial charge in [-0.3, -0.25) is 9.59 Å². The molecule has 0 aliphatic carbocycles. The molecule has 1 unspecified atom stereocenters. The van der Waals surface area contributed by atoms with Crippen molar-refractivity contribution in [1.82, 2.24) is 4.90 Å². The fourth-order valence-electron chi connectivity index (χ4n) is 3.71. The van der Waals surface area contributed by atoms with Crippen molar-refractivity contribution in [3.8, 4) is 0 Å². The summed E-state index contributed by atoms with van der Waals surface area (Å²) in [5.74, 6) is 0.458. The Bertz CT molecular complexity index is 827. The Balaban J connectivity index is 1.72. The maximum absolute atomic E-state index is 12.7. The Hall–Kier alpha value is -2.62. The number of likely N-dealkylation sites (tertiary alicyclic amines) is 1. The average molecular weight is 364 g/mol. The molecule has 2 amide bonds. The Morgan fingerprint density at radius 3 is 2.48 bits per heavy atom. The van der Waals surface area contributed by atoms with Gasteiger partial charge in [0, 0.05) is 29.9 Å². The van der Waals surface area contributed by atoms with E-state index in [9.17, 15) is 9.59 Å². The third-order valence-electron chi connectivity index (χ3n) is 5.32. The highest BCUT2D eigenvalue weighted by Gasteiger charge is 2.22. The lowest BCUT2D eigenvalue weighted by molar-refractivity contribution is 0.0682. The summed E-state index contributed by atoms with van der Waals surface area (Å²) in [5.41, 5.74) is 4.25. The summed E-state index contributed by atoms with van der Waals surface area (Å²) in [6.07, 6.45) is 3.10. The van der Waals surface area contributed by atoms with Crippen LogP contribution >= 0.6 is 0 Å². The zero-order valence-electron chi connectivity index (χ0n) is 16.4. The van der Waals surface area contributed by atoms with Gasteiger partial charge in [0.1, 0.15) is 0 Å². The van der Waals surface area contributed by atoms with Crippen molar-refractivity contribution in [3.63, 3.8) is 0 Å². The molecule has 1 heterocycles. The van der Waals surface area contributed by atoms with E-state index in [1.165, 1.54) is 6.42 Å². The lowest BCUT2D eigenvalue weighted by atomic mass is 9.99. The first-order chi connectivity index (χ1) is 13.0. The standard InChI is InChI=1S/C23H28N2O2/c1-4-18-9-5-8-17(3)21(18)24-22(26)19-10-12-20(13-11-19)23(27)25-14-6-7-16(2)15-25/h5,8-13,16H,4,6-7,14-15H2,1-3H3,(H,24,26). The number of piperidine rings is 1. The predicted molar refractivity (Wildman–Crippen MR) is 109 cm³/mol. The minimum Gasteiger partial charge on any atom is -0.338 e. The summed E-state index contributed by atoms with van der Waals surface area (Å²) in [7, 11) is 0. The average Bonchev–Trinajstić information content (AvgIpc) is 2.69. The number of amides is 2. The number of carbonyl (C=O) groups excluding carboxylic acids is 2. The number of nitrogens with one attached hydrogen (secondary N) is 1. The van der Waals surface area contributed by atoms with Crippen LogP contribution in [-0.4, -0.2) is 29.8 Å². The van der Waals surface area contributed by atoms with Gasteiger partial charge >= 0.3 is 0 Å². The van der Waals surface area contributed by atoms with Gasteiger partial charge in [-0.15, -0.1) is 0 Å². The number of benzene rings is 2. The van der Waals surface area contributed by atoms with Crippen LogP contribution in [0.3, 0.4) is 0 Å². The summed E-state index contributed by atoms with van der Waals surface area (Å²) >= 11 is 0. The smallest absolute Gasteiger partial charge is 0.255 e. The Labute approximate surface area is 161 Å². The quantitative estimate of drug-likeness (QED) is 0.856. The van der Waals surface area contributed by atoms with E-state index in [-0.39, 0.29) is 11.8 Å². The van der Waals surface area contributed by atoms with Crippen molar-refractivity contribution < 1.29 is 9.59 Å². The molecule has 0 saturated carbocycles. The fraction of sp³-hybridized carbons (Fsp3) is 0.391. The second kappa shape index (κ2) is 8.38. The summed E-state index contributed by atoms with van der Waals surface area (Å²) in [5, 5.41) is 3.03. The van der Waals surface area contributed by atoms with Crippen LogP contribution in [0, 0.1) is 12.8 Å². The zero-order valence-corrected chi connectivity index (χ0v) is 16.4. The first-order valence-corrected chi connectivity index (χ1v) is 9.78. The van der Waals surface area contributed by atoms with Gasteiger partial charge in [0.05, 0.1) is 0 Å². The predicted octanol–water partition coefficient (Wildman–Crippen LogP) is 4.68.